The largest absolute Gasteiger partial charge is 0.512 e. The van der Waals surface area contributed by atoms with Crippen LogP contribution in [0.2, 0.25) is 0 Å². The zero-order valence-corrected chi connectivity index (χ0v) is 37.8. The molecule has 55 heavy (non-hydrogen) atoms. The predicted octanol–water partition coefficient (Wildman–Crippen LogP) is 13.8. The number of hydrogen-bond donors (Lipinski definition) is 1. The van der Waals surface area contributed by atoms with Crippen molar-refractivity contribution >= 4 is 16.6 Å². The topological polar surface area (TPSA) is 63.1 Å². The van der Waals surface area contributed by atoms with Crippen LogP contribution >= 0.6 is 0 Å². The first-order chi connectivity index (χ1) is 24.9. The van der Waals surface area contributed by atoms with Gasteiger partial charge in [-0.05, 0) is 80.5 Å². The summed E-state index contributed by atoms with van der Waals surface area (Å²) in [6.07, 6.45) is 0.416. The van der Waals surface area contributed by atoms with Crippen LogP contribution in [0.25, 0.3) is 33.2 Å². The smallest absolute Gasteiger partial charge is 0.394 e. The number of hydrogen-bond acceptors (Lipinski definition) is 4. The number of aliphatic hydroxyl groups is 1. The molecule has 0 amide bonds. The number of allylic oxidation sites excluding steroid dienone is 2. The molecule has 3 aromatic carbocycles. The fraction of sp³-hybridized carbons (Fsp3) is 0.511. The van der Waals surface area contributed by atoms with Crippen LogP contribution in [0.3, 0.4) is 0 Å². The van der Waals surface area contributed by atoms with Crippen LogP contribution in [0.1, 0.15) is 130 Å². The molecule has 0 aliphatic heterocycles. The van der Waals surface area contributed by atoms with Crippen LogP contribution in [0.4, 0.5) is 13.2 Å². The van der Waals surface area contributed by atoms with Gasteiger partial charge in [0.2, 0.25) is 0 Å². The number of benzene rings is 3. The first-order valence-corrected chi connectivity index (χ1v) is 19.3. The third-order valence-corrected chi connectivity index (χ3v) is 11.7. The number of ketones is 1. The van der Waals surface area contributed by atoms with E-state index in [2.05, 4.69) is 55.2 Å². The van der Waals surface area contributed by atoms with E-state index in [-0.39, 0.29) is 54.3 Å². The second-order valence-electron chi connectivity index (χ2n) is 17.2. The van der Waals surface area contributed by atoms with Gasteiger partial charge >= 0.3 is 6.18 Å². The first-order valence-electron chi connectivity index (χ1n) is 19.3. The van der Waals surface area contributed by atoms with Crippen molar-refractivity contribution in [2.45, 2.75) is 141 Å². The van der Waals surface area contributed by atoms with Crippen molar-refractivity contribution in [2.75, 3.05) is 0 Å². The monoisotopic (exact) mass is 936 g/mol. The van der Waals surface area contributed by atoms with Crippen LogP contribution in [-0.2, 0) is 36.7 Å². The molecule has 1 N–H and O–H groups in total. The molecule has 1 heterocycles. The van der Waals surface area contributed by atoms with Crippen LogP contribution in [-0.4, -0.2) is 27.3 Å². The van der Waals surface area contributed by atoms with E-state index in [0.717, 1.165) is 70.3 Å². The summed E-state index contributed by atoms with van der Waals surface area (Å²) in [5, 5.41) is 21.3. The maximum Gasteiger partial charge on any atom is 0.394 e. The maximum absolute atomic E-state index is 13.5. The molecule has 8 heteroatoms. The molecule has 1 aromatic heterocycles. The van der Waals surface area contributed by atoms with Gasteiger partial charge in [0.1, 0.15) is 5.76 Å². The van der Waals surface area contributed by atoms with Crippen molar-refractivity contribution in [3.63, 3.8) is 0 Å². The van der Waals surface area contributed by atoms with E-state index >= 15 is 0 Å². The Kier molecular flexibility index (Phi) is 15.9. The molecular weight excluding hydrogens is 874 g/mol. The molecule has 1 radical (unpaired) electrons. The van der Waals surface area contributed by atoms with E-state index in [1.807, 2.05) is 92.6 Å². The number of nitrogens with zero attached hydrogens (tertiary/aromatic N) is 2. The number of alkyl halides is 3. The number of fused-ring (bicyclic) bond motifs is 1. The molecule has 0 saturated heterocycles. The van der Waals surface area contributed by atoms with Crippen LogP contribution in [0, 0.1) is 43.1 Å². The second-order valence-corrected chi connectivity index (χ2v) is 17.2. The van der Waals surface area contributed by atoms with E-state index in [4.69, 9.17) is 0 Å². The Morgan fingerprint density at radius 3 is 1.80 bits per heavy atom. The minimum Gasteiger partial charge on any atom is -0.512 e. The summed E-state index contributed by atoms with van der Waals surface area (Å²) in [4.78, 5) is 12.2. The fourth-order valence-electron chi connectivity index (χ4n) is 6.70. The van der Waals surface area contributed by atoms with Crippen molar-refractivity contribution in [3.8, 4) is 22.4 Å². The van der Waals surface area contributed by atoms with Gasteiger partial charge in [-0.3, -0.25) is 4.79 Å². The summed E-state index contributed by atoms with van der Waals surface area (Å²) in [5.41, 5.74) is 5.55. The Morgan fingerprint density at radius 2 is 1.31 bits per heavy atom. The van der Waals surface area contributed by atoms with Crippen molar-refractivity contribution in [1.82, 2.24) is 10.2 Å². The normalized spacial score (nSPS) is 12.9. The van der Waals surface area contributed by atoms with Gasteiger partial charge in [-0.25, -0.2) is 0 Å². The third-order valence-electron chi connectivity index (χ3n) is 11.7. The number of aromatic nitrogens is 2. The number of halogens is 3. The van der Waals surface area contributed by atoms with Crippen LogP contribution in [0.15, 0.2) is 60.4 Å². The van der Waals surface area contributed by atoms with E-state index in [0.29, 0.717) is 5.56 Å². The van der Waals surface area contributed by atoms with Gasteiger partial charge in [0, 0.05) is 48.3 Å². The van der Waals surface area contributed by atoms with Crippen molar-refractivity contribution in [1.29, 1.82) is 0 Å². The summed E-state index contributed by atoms with van der Waals surface area (Å²) >= 11 is 0. The summed E-state index contributed by atoms with van der Waals surface area (Å²) < 4.78 is 40.5. The molecular formula is C47H62F3IrN2O2-. The summed E-state index contributed by atoms with van der Waals surface area (Å²) in [7, 11) is 0. The maximum atomic E-state index is 13.5. The average molecular weight is 936 g/mol. The Morgan fingerprint density at radius 1 is 0.782 bits per heavy atom. The SMILES string of the molecule is CCC(C)(CC)C(=O)/C=C(\O)C(C)(CC)CC.Cc1cc(CC(C)(C)C(F)(F)F)cc(C)c1-c1cc(-c2[c-]c3ccccc3c(C(C)(C)C)c2)nnc1C.[Ir]. The van der Waals surface area contributed by atoms with E-state index in [1.54, 1.807) is 0 Å². The molecule has 0 unspecified atom stereocenters. The molecule has 0 fully saturated rings. The average Bonchev–Trinajstić information content (AvgIpc) is 3.09. The molecule has 0 bridgehead atoms. The minimum absolute atomic E-state index is 0. The van der Waals surface area contributed by atoms with Crippen LogP contribution < -0.4 is 0 Å². The van der Waals surface area contributed by atoms with Gasteiger partial charge in [-0.1, -0.05) is 124 Å². The van der Waals surface area contributed by atoms with Crippen molar-refractivity contribution in [2.24, 2.45) is 16.2 Å². The first kappa shape index (κ1) is 47.8. The number of rotatable bonds is 11. The molecule has 4 rings (SSSR count). The minimum atomic E-state index is -4.27. The zero-order chi connectivity index (χ0) is 41.0. The Hall–Kier alpha value is -3.35. The van der Waals surface area contributed by atoms with Gasteiger partial charge in [0.25, 0.3) is 0 Å². The predicted molar refractivity (Wildman–Crippen MR) is 219 cm³/mol. The van der Waals surface area contributed by atoms with Gasteiger partial charge in [0.05, 0.1) is 11.1 Å². The molecule has 0 atom stereocenters. The quantitative estimate of drug-likeness (QED) is 0.0925. The zero-order valence-electron chi connectivity index (χ0n) is 35.4. The third kappa shape index (κ3) is 10.9. The Balaban J connectivity index is 0.000000493. The number of aryl methyl sites for hydroxylation is 3. The molecule has 4 nitrogen and oxygen atoms in total. The van der Waals surface area contributed by atoms with E-state index in [9.17, 15) is 23.1 Å². The van der Waals surface area contributed by atoms with Gasteiger partial charge in [-0.2, -0.15) is 23.4 Å². The van der Waals surface area contributed by atoms with E-state index in [1.165, 1.54) is 30.9 Å². The van der Waals surface area contributed by atoms with Crippen molar-refractivity contribution in [3.05, 3.63) is 94.4 Å². The summed E-state index contributed by atoms with van der Waals surface area (Å²) in [6.45, 7) is 27.0. The molecule has 0 spiro atoms. The number of carbonyl (C=O) groups is 1. The Labute approximate surface area is 342 Å². The molecule has 303 valence electrons. The van der Waals surface area contributed by atoms with Gasteiger partial charge in [0.15, 0.2) is 5.78 Å². The molecule has 0 saturated carbocycles. The van der Waals surface area contributed by atoms with Gasteiger partial charge < -0.3 is 5.11 Å². The second kappa shape index (κ2) is 18.3. The van der Waals surface area contributed by atoms with Gasteiger partial charge in [-0.15, -0.1) is 29.1 Å². The molecule has 0 aliphatic rings. The number of carbonyl (C=O) groups excluding carboxylic acids is 1. The Bertz CT molecular complexity index is 1960. The molecule has 4 aromatic rings. The van der Waals surface area contributed by atoms with E-state index < -0.39 is 11.6 Å². The van der Waals surface area contributed by atoms with Crippen molar-refractivity contribution < 1.29 is 43.2 Å². The standard InChI is InChI=1S/C32H34F3N2.C15H28O2.Ir/c1-19-13-22(18-31(7,8)32(33,34)35)14-20(2)29(19)26-17-28(37-36-21(26)3)24-15-23-11-9-10-12-25(23)27(16-24)30(4,5)6;1-7-14(5,8-2)12(16)11-13(17)15(6,9-3)10-4;/h9-14,16-17H,18H2,1-8H3;11,16H,7-10H2,1-6H3;/q-1;;/b;12-11-;. The molecule has 0 aliphatic carbocycles. The van der Waals surface area contributed by atoms with Crippen LogP contribution in [0.5, 0.6) is 0 Å². The fourth-order valence-corrected chi connectivity index (χ4v) is 6.70. The summed E-state index contributed by atoms with van der Waals surface area (Å²) in [6, 6.07) is 19.7. The summed E-state index contributed by atoms with van der Waals surface area (Å²) in [5.74, 6) is 0.286. The number of aliphatic hydroxyl groups excluding tert-OH is 1.